The van der Waals surface area contributed by atoms with Crippen LogP contribution in [0, 0.1) is 0 Å². The molecule has 0 aliphatic carbocycles. The van der Waals surface area contributed by atoms with Gasteiger partial charge in [0.1, 0.15) is 12.3 Å². The third kappa shape index (κ3) is 4.43. The summed E-state index contributed by atoms with van der Waals surface area (Å²) in [4.78, 5) is 29.5. The lowest BCUT2D eigenvalue weighted by Gasteiger charge is -2.07. The van der Waals surface area contributed by atoms with Crippen LogP contribution in [-0.4, -0.2) is 36.2 Å². The number of rotatable bonds is 6. The van der Waals surface area contributed by atoms with Gasteiger partial charge in [0.2, 0.25) is 11.4 Å². The van der Waals surface area contributed by atoms with Gasteiger partial charge in [-0.25, -0.2) is 4.98 Å². The predicted octanol–water partition coefficient (Wildman–Crippen LogP) is 1.05. The van der Waals surface area contributed by atoms with Crippen LogP contribution in [0.15, 0.2) is 41.3 Å². The highest BCUT2D eigenvalue weighted by molar-refractivity contribution is 6.02. The van der Waals surface area contributed by atoms with E-state index in [0.29, 0.717) is 24.8 Å². The number of carbonyl (C=O) groups is 1. The molecule has 0 aliphatic rings. The van der Waals surface area contributed by atoms with Crippen LogP contribution in [0.4, 0.5) is 5.69 Å². The third-order valence-corrected chi connectivity index (χ3v) is 2.54. The summed E-state index contributed by atoms with van der Waals surface area (Å²) in [5, 5.41) is 2.63. The number of methoxy groups -OCH3 is 1. The highest BCUT2D eigenvalue weighted by atomic mass is 16.5. The number of hydrogen-bond donors (Lipinski definition) is 2. The van der Waals surface area contributed by atoms with E-state index in [1.54, 1.807) is 19.2 Å². The van der Waals surface area contributed by atoms with Gasteiger partial charge in [0.25, 0.3) is 5.91 Å². The Morgan fingerprint density at radius 1 is 1.29 bits per heavy atom. The van der Waals surface area contributed by atoms with Crippen molar-refractivity contribution < 1.29 is 14.3 Å². The molecule has 0 saturated heterocycles. The van der Waals surface area contributed by atoms with Crippen LogP contribution in [0.2, 0.25) is 0 Å². The summed E-state index contributed by atoms with van der Waals surface area (Å²) in [6, 6.07) is 7.67. The molecule has 0 atom stereocenters. The van der Waals surface area contributed by atoms with Gasteiger partial charge in [-0.2, -0.15) is 0 Å². The molecule has 0 unspecified atom stereocenters. The number of aromatic amines is 1. The second kappa shape index (κ2) is 7.20. The first kappa shape index (κ1) is 14.7. The van der Waals surface area contributed by atoms with Crippen LogP contribution in [0.3, 0.4) is 0 Å². The van der Waals surface area contributed by atoms with Gasteiger partial charge in [-0.05, 0) is 12.1 Å². The van der Waals surface area contributed by atoms with E-state index in [0.717, 1.165) is 0 Å². The van der Waals surface area contributed by atoms with Crippen LogP contribution in [0.25, 0.3) is 0 Å². The number of H-pyrrole nitrogens is 1. The van der Waals surface area contributed by atoms with Crippen LogP contribution >= 0.6 is 0 Å². The molecule has 0 bridgehead atoms. The van der Waals surface area contributed by atoms with Gasteiger partial charge in [0.05, 0.1) is 18.5 Å². The number of aromatic nitrogens is 2. The minimum absolute atomic E-state index is 0.183. The Morgan fingerprint density at radius 3 is 2.81 bits per heavy atom. The first-order valence-corrected chi connectivity index (χ1v) is 6.27. The Hall–Kier alpha value is -2.67. The number of hydrogen-bond acceptors (Lipinski definition) is 5. The maximum absolute atomic E-state index is 11.9. The molecule has 2 N–H and O–H groups in total. The molecule has 0 radical (unpaired) electrons. The second-order valence-corrected chi connectivity index (χ2v) is 4.11. The standard InChI is InChI=1S/C14H15N3O4/c1-20-7-8-21-13-6-5-10(9-15-13)16-14(19)11-3-2-4-12(18)17-11/h2-6,9H,7-8H2,1H3,(H,16,19)(H,17,18). The van der Waals surface area contributed by atoms with Crippen LogP contribution < -0.4 is 15.6 Å². The molecule has 2 heterocycles. The average Bonchev–Trinajstić information content (AvgIpc) is 2.49. The van der Waals surface area contributed by atoms with Crippen LogP contribution in [0.1, 0.15) is 10.5 Å². The fourth-order valence-electron chi connectivity index (χ4n) is 1.55. The van der Waals surface area contributed by atoms with Crippen LogP contribution in [0.5, 0.6) is 5.88 Å². The van der Waals surface area contributed by atoms with E-state index in [2.05, 4.69) is 15.3 Å². The highest BCUT2D eigenvalue weighted by Gasteiger charge is 2.07. The second-order valence-electron chi connectivity index (χ2n) is 4.11. The molecule has 7 heteroatoms. The number of anilines is 1. The normalized spacial score (nSPS) is 10.1. The molecule has 0 aromatic carbocycles. The first-order chi connectivity index (χ1) is 10.2. The Morgan fingerprint density at radius 2 is 2.14 bits per heavy atom. The molecular formula is C14H15N3O4. The molecule has 0 fully saturated rings. The van der Waals surface area contributed by atoms with Gasteiger partial charge in [-0.1, -0.05) is 6.07 Å². The van der Waals surface area contributed by atoms with Crippen molar-refractivity contribution in [1.29, 1.82) is 0 Å². The van der Waals surface area contributed by atoms with Gasteiger partial charge >= 0.3 is 0 Å². The van der Waals surface area contributed by atoms with Crippen molar-refractivity contribution in [1.82, 2.24) is 9.97 Å². The van der Waals surface area contributed by atoms with Crippen molar-refractivity contribution in [3.05, 3.63) is 52.6 Å². The molecular weight excluding hydrogens is 274 g/mol. The molecule has 2 rings (SSSR count). The van der Waals surface area contributed by atoms with E-state index in [1.165, 1.54) is 24.4 Å². The summed E-state index contributed by atoms with van der Waals surface area (Å²) in [5.74, 6) is 0.0284. The van der Waals surface area contributed by atoms with Gasteiger partial charge in [0.15, 0.2) is 0 Å². The first-order valence-electron chi connectivity index (χ1n) is 6.27. The summed E-state index contributed by atoms with van der Waals surface area (Å²) in [7, 11) is 1.59. The smallest absolute Gasteiger partial charge is 0.272 e. The average molecular weight is 289 g/mol. The number of carbonyl (C=O) groups excluding carboxylic acids is 1. The Kier molecular flexibility index (Phi) is 5.05. The summed E-state index contributed by atoms with van der Waals surface area (Å²) < 4.78 is 10.2. The molecule has 0 aliphatic heterocycles. The van der Waals surface area contributed by atoms with E-state index in [4.69, 9.17) is 9.47 Å². The maximum atomic E-state index is 11.9. The topological polar surface area (TPSA) is 93.3 Å². The Balaban J connectivity index is 1.96. The van der Waals surface area contributed by atoms with Gasteiger partial charge in [-0.15, -0.1) is 0 Å². The van der Waals surface area contributed by atoms with E-state index in [1.807, 2.05) is 0 Å². The number of pyridine rings is 2. The van der Waals surface area contributed by atoms with Crippen molar-refractivity contribution in [2.75, 3.05) is 25.6 Å². The SMILES string of the molecule is COCCOc1ccc(NC(=O)c2cccc(=O)[nH]2)cn1. The zero-order valence-electron chi connectivity index (χ0n) is 11.5. The summed E-state index contributed by atoms with van der Waals surface area (Å²) in [5.41, 5.74) is 0.356. The quantitative estimate of drug-likeness (QED) is 0.775. The molecule has 21 heavy (non-hydrogen) atoms. The van der Waals surface area contributed by atoms with Crippen molar-refractivity contribution in [2.24, 2.45) is 0 Å². The van der Waals surface area contributed by atoms with E-state index >= 15 is 0 Å². The largest absolute Gasteiger partial charge is 0.475 e. The fraction of sp³-hybridized carbons (Fsp3) is 0.214. The molecule has 110 valence electrons. The van der Waals surface area contributed by atoms with Crippen molar-refractivity contribution in [3.63, 3.8) is 0 Å². The summed E-state index contributed by atoms with van der Waals surface area (Å²) in [6.07, 6.45) is 1.47. The number of nitrogens with zero attached hydrogens (tertiary/aromatic N) is 1. The van der Waals surface area contributed by atoms with Crippen molar-refractivity contribution >= 4 is 11.6 Å². The third-order valence-electron chi connectivity index (χ3n) is 2.54. The molecule has 1 amide bonds. The Bertz CT molecular complexity index is 652. The molecule has 0 spiro atoms. The summed E-state index contributed by atoms with van der Waals surface area (Å²) in [6.45, 7) is 0.877. The molecule has 2 aromatic rings. The number of ether oxygens (including phenoxy) is 2. The number of amides is 1. The molecule has 2 aromatic heterocycles. The van der Waals surface area contributed by atoms with Gasteiger partial charge in [0, 0.05) is 19.2 Å². The van der Waals surface area contributed by atoms with Gasteiger partial charge in [-0.3, -0.25) is 9.59 Å². The molecule has 0 saturated carbocycles. The van der Waals surface area contributed by atoms with Crippen molar-refractivity contribution in [3.8, 4) is 5.88 Å². The number of nitrogens with one attached hydrogen (secondary N) is 2. The zero-order valence-corrected chi connectivity index (χ0v) is 11.5. The minimum atomic E-state index is -0.414. The van der Waals surface area contributed by atoms with E-state index in [9.17, 15) is 9.59 Å². The highest BCUT2D eigenvalue weighted by Crippen LogP contribution is 2.12. The van der Waals surface area contributed by atoms with Gasteiger partial charge < -0.3 is 19.8 Å². The Labute approximate surface area is 120 Å². The predicted molar refractivity (Wildman–Crippen MR) is 76.6 cm³/mol. The zero-order chi connectivity index (χ0) is 15.1. The van der Waals surface area contributed by atoms with Crippen LogP contribution in [-0.2, 0) is 4.74 Å². The fourth-order valence-corrected chi connectivity index (χ4v) is 1.55. The monoisotopic (exact) mass is 289 g/mol. The summed E-state index contributed by atoms with van der Waals surface area (Å²) >= 11 is 0. The van der Waals surface area contributed by atoms with Crippen molar-refractivity contribution in [2.45, 2.75) is 0 Å². The lowest BCUT2D eigenvalue weighted by atomic mass is 10.3. The molecule has 7 nitrogen and oxygen atoms in total. The van der Waals surface area contributed by atoms with E-state index < -0.39 is 5.91 Å². The maximum Gasteiger partial charge on any atom is 0.272 e. The minimum Gasteiger partial charge on any atom is -0.475 e. The lowest BCUT2D eigenvalue weighted by molar-refractivity contribution is 0.102. The lowest BCUT2D eigenvalue weighted by Crippen LogP contribution is -2.18. The van der Waals surface area contributed by atoms with E-state index in [-0.39, 0.29) is 11.3 Å².